The zero-order valence-corrected chi connectivity index (χ0v) is 12.6. The van der Waals surface area contributed by atoms with E-state index in [-0.39, 0.29) is 5.91 Å². The summed E-state index contributed by atoms with van der Waals surface area (Å²) in [7, 11) is 0. The van der Waals surface area contributed by atoms with Gasteiger partial charge in [-0.1, -0.05) is 19.9 Å². The van der Waals surface area contributed by atoms with Gasteiger partial charge in [0.15, 0.2) is 0 Å². The first kappa shape index (κ1) is 17.5. The predicted molar refractivity (Wildman–Crippen MR) is 81.8 cm³/mol. The van der Waals surface area contributed by atoms with Crippen molar-refractivity contribution in [2.45, 2.75) is 33.1 Å². The Bertz CT molecular complexity index is 232. The van der Waals surface area contributed by atoms with Crippen molar-refractivity contribution in [3.63, 3.8) is 0 Å². The third kappa shape index (κ3) is 9.54. The molecule has 0 saturated carbocycles. The maximum Gasteiger partial charge on any atom is 0.220 e. The van der Waals surface area contributed by atoms with Crippen molar-refractivity contribution < 1.29 is 4.79 Å². The third-order valence-electron chi connectivity index (χ3n) is 3.03. The largest absolute Gasteiger partial charge is 0.355 e. The van der Waals surface area contributed by atoms with Crippen molar-refractivity contribution >= 4 is 17.7 Å². The number of thioether (sulfide) groups is 1. The lowest BCUT2D eigenvalue weighted by molar-refractivity contribution is -0.121. The van der Waals surface area contributed by atoms with Crippen LogP contribution in [0, 0.1) is 11.8 Å². The van der Waals surface area contributed by atoms with Crippen LogP contribution in [0.5, 0.6) is 0 Å². The van der Waals surface area contributed by atoms with E-state index in [0.717, 1.165) is 30.9 Å². The number of rotatable bonds is 11. The highest BCUT2D eigenvalue weighted by atomic mass is 32.2. The number of hydrogen-bond donors (Lipinski definition) is 2. The first-order chi connectivity index (χ1) is 8.61. The van der Waals surface area contributed by atoms with E-state index in [1.54, 1.807) is 11.8 Å². The molecule has 0 aromatic carbocycles. The molecule has 1 atom stereocenters. The van der Waals surface area contributed by atoms with Crippen LogP contribution in [-0.4, -0.2) is 30.5 Å². The van der Waals surface area contributed by atoms with Crippen molar-refractivity contribution in [3.8, 4) is 0 Å². The number of nitrogens with two attached hydrogens (primary N) is 1. The monoisotopic (exact) mass is 272 g/mol. The van der Waals surface area contributed by atoms with Gasteiger partial charge in [-0.05, 0) is 31.2 Å². The molecule has 3 nitrogen and oxygen atoms in total. The highest BCUT2D eigenvalue weighted by Crippen LogP contribution is 2.20. The molecule has 3 N–H and O–H groups in total. The summed E-state index contributed by atoms with van der Waals surface area (Å²) in [6.45, 7) is 9.52. The number of carbonyl (C=O) groups is 1. The Balaban J connectivity index is 3.64. The van der Waals surface area contributed by atoms with Gasteiger partial charge in [0.1, 0.15) is 0 Å². The molecule has 0 saturated heterocycles. The SMILES string of the molecule is C=CCSCCNC(=O)CCC(CCN)C(C)C. The Morgan fingerprint density at radius 1 is 1.44 bits per heavy atom. The van der Waals surface area contributed by atoms with Crippen LogP contribution >= 0.6 is 11.8 Å². The first-order valence-corrected chi connectivity index (χ1v) is 7.92. The minimum Gasteiger partial charge on any atom is -0.355 e. The van der Waals surface area contributed by atoms with Gasteiger partial charge < -0.3 is 11.1 Å². The van der Waals surface area contributed by atoms with E-state index in [1.165, 1.54) is 0 Å². The summed E-state index contributed by atoms with van der Waals surface area (Å²) in [4.78, 5) is 11.6. The van der Waals surface area contributed by atoms with Gasteiger partial charge in [0.25, 0.3) is 0 Å². The van der Waals surface area contributed by atoms with E-state index in [1.807, 2.05) is 6.08 Å². The average molecular weight is 272 g/mol. The number of hydrogen-bond acceptors (Lipinski definition) is 3. The third-order valence-corrected chi connectivity index (χ3v) is 3.99. The molecule has 0 aromatic heterocycles. The molecule has 18 heavy (non-hydrogen) atoms. The molecule has 0 spiro atoms. The highest BCUT2D eigenvalue weighted by molar-refractivity contribution is 7.99. The number of carbonyl (C=O) groups excluding carboxylic acids is 1. The Hall–Kier alpha value is -0.480. The minimum atomic E-state index is 0.164. The molecule has 0 aliphatic carbocycles. The van der Waals surface area contributed by atoms with Crippen molar-refractivity contribution in [2.75, 3.05) is 24.6 Å². The topological polar surface area (TPSA) is 55.1 Å². The van der Waals surface area contributed by atoms with E-state index in [2.05, 4.69) is 25.7 Å². The lowest BCUT2D eigenvalue weighted by Gasteiger charge is -2.19. The van der Waals surface area contributed by atoms with Crippen LogP contribution in [0.25, 0.3) is 0 Å². The Morgan fingerprint density at radius 2 is 2.17 bits per heavy atom. The van der Waals surface area contributed by atoms with E-state index in [4.69, 9.17) is 5.73 Å². The molecule has 4 heteroatoms. The van der Waals surface area contributed by atoms with Crippen molar-refractivity contribution in [2.24, 2.45) is 17.6 Å². The second kappa shape index (κ2) is 11.6. The van der Waals surface area contributed by atoms with Crippen LogP contribution < -0.4 is 11.1 Å². The van der Waals surface area contributed by atoms with E-state index >= 15 is 0 Å². The Morgan fingerprint density at radius 3 is 2.72 bits per heavy atom. The molecule has 0 aromatic rings. The van der Waals surface area contributed by atoms with Gasteiger partial charge in [0.2, 0.25) is 5.91 Å². The van der Waals surface area contributed by atoms with Crippen LogP contribution in [0.4, 0.5) is 0 Å². The molecular formula is C14H28N2OS. The van der Waals surface area contributed by atoms with Gasteiger partial charge in [-0.2, -0.15) is 11.8 Å². The molecule has 106 valence electrons. The van der Waals surface area contributed by atoms with Crippen LogP contribution in [0.3, 0.4) is 0 Å². The second-order valence-corrected chi connectivity index (χ2v) is 5.98. The number of amides is 1. The summed E-state index contributed by atoms with van der Waals surface area (Å²) >= 11 is 1.78. The van der Waals surface area contributed by atoms with Gasteiger partial charge in [-0.15, -0.1) is 6.58 Å². The zero-order chi connectivity index (χ0) is 13.8. The first-order valence-electron chi connectivity index (χ1n) is 6.77. The summed E-state index contributed by atoms with van der Waals surface area (Å²) in [5.74, 6) is 3.23. The van der Waals surface area contributed by atoms with Gasteiger partial charge in [0.05, 0.1) is 0 Å². The summed E-state index contributed by atoms with van der Waals surface area (Å²) < 4.78 is 0. The molecule has 0 aliphatic rings. The maximum absolute atomic E-state index is 11.6. The van der Waals surface area contributed by atoms with Crippen molar-refractivity contribution in [1.29, 1.82) is 0 Å². The summed E-state index contributed by atoms with van der Waals surface area (Å²) in [5.41, 5.74) is 5.59. The van der Waals surface area contributed by atoms with Crippen LogP contribution in [0.2, 0.25) is 0 Å². The normalized spacial score (nSPS) is 12.4. The fraction of sp³-hybridized carbons (Fsp3) is 0.786. The van der Waals surface area contributed by atoms with Gasteiger partial charge in [-0.3, -0.25) is 4.79 Å². The fourth-order valence-corrected chi connectivity index (χ4v) is 2.44. The summed E-state index contributed by atoms with van der Waals surface area (Å²) in [6, 6.07) is 0. The van der Waals surface area contributed by atoms with Gasteiger partial charge in [-0.25, -0.2) is 0 Å². The van der Waals surface area contributed by atoms with Crippen molar-refractivity contribution in [1.82, 2.24) is 5.32 Å². The molecule has 0 heterocycles. The lowest BCUT2D eigenvalue weighted by atomic mass is 9.88. The van der Waals surface area contributed by atoms with E-state index < -0.39 is 0 Å². The Labute approximate surface area is 116 Å². The fourth-order valence-electron chi connectivity index (χ4n) is 1.86. The maximum atomic E-state index is 11.6. The average Bonchev–Trinajstić information content (AvgIpc) is 2.33. The second-order valence-electron chi connectivity index (χ2n) is 4.83. The summed E-state index contributed by atoms with van der Waals surface area (Å²) in [5, 5.41) is 2.95. The molecule has 1 amide bonds. The van der Waals surface area contributed by atoms with E-state index in [0.29, 0.717) is 24.8 Å². The quantitative estimate of drug-likeness (QED) is 0.448. The molecule has 0 radical (unpaired) electrons. The lowest BCUT2D eigenvalue weighted by Crippen LogP contribution is -2.27. The zero-order valence-electron chi connectivity index (χ0n) is 11.8. The van der Waals surface area contributed by atoms with E-state index in [9.17, 15) is 4.79 Å². The van der Waals surface area contributed by atoms with Gasteiger partial charge >= 0.3 is 0 Å². The predicted octanol–water partition coefficient (Wildman–Crippen LogP) is 2.42. The molecular weight excluding hydrogens is 244 g/mol. The summed E-state index contributed by atoms with van der Waals surface area (Å²) in [6.07, 6.45) is 4.46. The van der Waals surface area contributed by atoms with Crippen LogP contribution in [0.1, 0.15) is 33.1 Å². The van der Waals surface area contributed by atoms with Crippen LogP contribution in [-0.2, 0) is 4.79 Å². The highest BCUT2D eigenvalue weighted by Gasteiger charge is 2.14. The van der Waals surface area contributed by atoms with Crippen LogP contribution in [0.15, 0.2) is 12.7 Å². The number of nitrogens with one attached hydrogen (secondary N) is 1. The standard InChI is InChI=1S/C14H28N2OS/c1-4-10-18-11-9-16-14(17)6-5-13(7-8-15)12(2)3/h4,12-13H,1,5-11,15H2,2-3H3,(H,16,17). The Kier molecular flexibility index (Phi) is 11.3. The molecule has 0 fully saturated rings. The molecule has 0 rings (SSSR count). The smallest absolute Gasteiger partial charge is 0.220 e. The molecule has 0 bridgehead atoms. The van der Waals surface area contributed by atoms with Crippen molar-refractivity contribution in [3.05, 3.63) is 12.7 Å². The minimum absolute atomic E-state index is 0.164. The molecule has 0 aliphatic heterocycles. The van der Waals surface area contributed by atoms with Gasteiger partial charge in [0, 0.05) is 24.5 Å². The molecule has 1 unspecified atom stereocenters.